The Hall–Kier alpha value is 0.0600. The van der Waals surface area contributed by atoms with E-state index in [-0.39, 0.29) is 0 Å². The molecule has 1 aliphatic carbocycles. The SMILES string of the molecule is CN(C)c1nnc(SCC2(CS)CCCC2)s1. The predicted octanol–water partition coefficient (Wildman–Crippen LogP) is 3.19. The van der Waals surface area contributed by atoms with Gasteiger partial charge in [-0.2, -0.15) is 12.6 Å². The Balaban J connectivity index is 1.92. The van der Waals surface area contributed by atoms with Crippen LogP contribution >= 0.6 is 35.7 Å². The lowest BCUT2D eigenvalue weighted by Crippen LogP contribution is -2.21. The molecule has 0 saturated heterocycles. The molecule has 1 saturated carbocycles. The number of rotatable bonds is 5. The first-order chi connectivity index (χ1) is 8.15. The summed E-state index contributed by atoms with van der Waals surface area (Å²) in [6.45, 7) is 0. The third kappa shape index (κ3) is 3.29. The molecule has 0 N–H and O–H groups in total. The lowest BCUT2D eigenvalue weighted by Gasteiger charge is -2.25. The standard InChI is InChI=1S/C11H19N3S3/c1-14(2)9-12-13-10(17-9)16-8-11(7-15)5-3-4-6-11/h15H,3-8H2,1-2H3. The second-order valence-corrected chi connectivity index (χ2v) is 7.39. The van der Waals surface area contributed by atoms with Gasteiger partial charge < -0.3 is 4.90 Å². The zero-order valence-corrected chi connectivity index (χ0v) is 12.9. The predicted molar refractivity (Wildman–Crippen MR) is 79.7 cm³/mol. The highest BCUT2D eigenvalue weighted by Crippen LogP contribution is 2.43. The first kappa shape index (κ1) is 13.5. The van der Waals surface area contributed by atoms with E-state index in [9.17, 15) is 0 Å². The number of aromatic nitrogens is 2. The van der Waals surface area contributed by atoms with Crippen molar-refractivity contribution in [2.75, 3.05) is 30.5 Å². The van der Waals surface area contributed by atoms with Crippen molar-refractivity contribution in [1.29, 1.82) is 0 Å². The fourth-order valence-corrected chi connectivity index (χ4v) is 4.77. The van der Waals surface area contributed by atoms with Crippen LogP contribution in [0.5, 0.6) is 0 Å². The van der Waals surface area contributed by atoms with Crippen LogP contribution in [0.25, 0.3) is 0 Å². The Bertz CT molecular complexity index is 359. The molecule has 1 fully saturated rings. The van der Waals surface area contributed by atoms with Crippen LogP contribution in [0.2, 0.25) is 0 Å². The van der Waals surface area contributed by atoms with Gasteiger partial charge in [0.1, 0.15) is 0 Å². The van der Waals surface area contributed by atoms with Gasteiger partial charge in [0.15, 0.2) is 4.34 Å². The molecule has 0 spiro atoms. The number of hydrogen-bond acceptors (Lipinski definition) is 6. The Morgan fingerprint density at radius 3 is 2.59 bits per heavy atom. The highest BCUT2D eigenvalue weighted by molar-refractivity contribution is 8.01. The molecule has 3 nitrogen and oxygen atoms in total. The van der Waals surface area contributed by atoms with E-state index in [1.54, 1.807) is 11.3 Å². The summed E-state index contributed by atoms with van der Waals surface area (Å²) in [5, 5.41) is 9.38. The number of nitrogens with zero attached hydrogens (tertiary/aromatic N) is 3. The van der Waals surface area contributed by atoms with Crippen molar-refractivity contribution in [2.24, 2.45) is 5.41 Å². The Morgan fingerprint density at radius 2 is 2.06 bits per heavy atom. The molecule has 96 valence electrons. The molecule has 0 bridgehead atoms. The minimum absolute atomic E-state index is 0.442. The summed E-state index contributed by atoms with van der Waals surface area (Å²) in [6, 6.07) is 0. The molecule has 0 radical (unpaired) electrons. The van der Waals surface area contributed by atoms with Crippen molar-refractivity contribution in [2.45, 2.75) is 30.0 Å². The van der Waals surface area contributed by atoms with Crippen LogP contribution in [0, 0.1) is 5.41 Å². The summed E-state index contributed by atoms with van der Waals surface area (Å²) >= 11 is 8.06. The average molecular weight is 289 g/mol. The van der Waals surface area contributed by atoms with Crippen molar-refractivity contribution in [3.63, 3.8) is 0 Å². The molecule has 0 amide bonds. The molecule has 1 aliphatic rings. The highest BCUT2D eigenvalue weighted by atomic mass is 32.2. The van der Waals surface area contributed by atoms with E-state index in [0.29, 0.717) is 5.41 Å². The Morgan fingerprint density at radius 1 is 1.35 bits per heavy atom. The van der Waals surface area contributed by atoms with Gasteiger partial charge in [-0.1, -0.05) is 35.9 Å². The molecule has 0 aromatic carbocycles. The summed E-state index contributed by atoms with van der Waals surface area (Å²) in [5.74, 6) is 2.14. The van der Waals surface area contributed by atoms with Gasteiger partial charge >= 0.3 is 0 Å². The quantitative estimate of drug-likeness (QED) is 0.666. The van der Waals surface area contributed by atoms with Crippen molar-refractivity contribution in [1.82, 2.24) is 10.2 Å². The Labute approximate surface area is 117 Å². The molecule has 1 aromatic heterocycles. The Kier molecular flexibility index (Phi) is 4.60. The molecule has 0 aliphatic heterocycles. The van der Waals surface area contributed by atoms with Crippen LogP contribution in [0.15, 0.2) is 4.34 Å². The van der Waals surface area contributed by atoms with E-state index in [1.807, 2.05) is 30.8 Å². The summed E-state index contributed by atoms with van der Waals surface area (Å²) in [7, 11) is 4.00. The van der Waals surface area contributed by atoms with E-state index in [0.717, 1.165) is 21.0 Å². The van der Waals surface area contributed by atoms with Crippen molar-refractivity contribution in [3.05, 3.63) is 0 Å². The van der Waals surface area contributed by atoms with Gasteiger partial charge in [-0.05, 0) is 24.0 Å². The van der Waals surface area contributed by atoms with Crippen LogP contribution in [-0.4, -0.2) is 35.8 Å². The minimum atomic E-state index is 0.442. The summed E-state index contributed by atoms with van der Waals surface area (Å²) in [6.07, 6.45) is 5.37. The fraction of sp³-hybridized carbons (Fsp3) is 0.818. The zero-order valence-electron chi connectivity index (χ0n) is 10.3. The number of anilines is 1. The van der Waals surface area contributed by atoms with Gasteiger partial charge in [0.05, 0.1) is 0 Å². The molecule has 0 atom stereocenters. The van der Waals surface area contributed by atoms with Crippen LogP contribution < -0.4 is 4.90 Å². The smallest absolute Gasteiger partial charge is 0.208 e. The van der Waals surface area contributed by atoms with Crippen LogP contribution in [0.3, 0.4) is 0 Å². The largest absolute Gasteiger partial charge is 0.353 e. The fourth-order valence-electron chi connectivity index (χ4n) is 2.13. The van der Waals surface area contributed by atoms with Gasteiger partial charge in [0.2, 0.25) is 5.13 Å². The maximum Gasteiger partial charge on any atom is 0.208 e. The van der Waals surface area contributed by atoms with Crippen molar-refractivity contribution < 1.29 is 0 Å². The number of thioether (sulfide) groups is 1. The zero-order chi connectivity index (χ0) is 12.3. The summed E-state index contributed by atoms with van der Waals surface area (Å²) in [5.41, 5.74) is 0.442. The topological polar surface area (TPSA) is 29.0 Å². The van der Waals surface area contributed by atoms with Crippen LogP contribution in [0.1, 0.15) is 25.7 Å². The second kappa shape index (κ2) is 5.80. The molecular formula is C11H19N3S3. The monoisotopic (exact) mass is 289 g/mol. The van der Waals surface area contributed by atoms with Crippen molar-refractivity contribution in [3.8, 4) is 0 Å². The van der Waals surface area contributed by atoms with Crippen molar-refractivity contribution >= 4 is 40.9 Å². The lowest BCUT2D eigenvalue weighted by molar-refractivity contribution is 0.403. The van der Waals surface area contributed by atoms with Gasteiger partial charge in [0.25, 0.3) is 0 Å². The molecular weight excluding hydrogens is 270 g/mol. The molecule has 2 rings (SSSR count). The van der Waals surface area contributed by atoms with Gasteiger partial charge in [-0.15, -0.1) is 10.2 Å². The van der Waals surface area contributed by atoms with E-state index >= 15 is 0 Å². The molecule has 1 heterocycles. The van der Waals surface area contributed by atoms with E-state index in [4.69, 9.17) is 0 Å². The maximum absolute atomic E-state index is 4.53. The first-order valence-electron chi connectivity index (χ1n) is 5.90. The number of thiol groups is 1. The normalized spacial score (nSPS) is 18.5. The van der Waals surface area contributed by atoms with Gasteiger partial charge in [-0.3, -0.25) is 0 Å². The molecule has 1 aromatic rings. The molecule has 0 unspecified atom stereocenters. The first-order valence-corrected chi connectivity index (χ1v) is 8.33. The highest BCUT2D eigenvalue weighted by Gasteiger charge is 2.32. The third-order valence-corrected chi connectivity index (χ3v) is 6.53. The van der Waals surface area contributed by atoms with E-state index < -0.39 is 0 Å². The van der Waals surface area contributed by atoms with E-state index in [2.05, 4.69) is 22.8 Å². The summed E-state index contributed by atoms with van der Waals surface area (Å²) in [4.78, 5) is 2.01. The lowest BCUT2D eigenvalue weighted by atomic mass is 9.91. The molecule has 6 heteroatoms. The number of hydrogen-bond donors (Lipinski definition) is 1. The van der Waals surface area contributed by atoms with Gasteiger partial charge in [-0.25, -0.2) is 0 Å². The molecule has 17 heavy (non-hydrogen) atoms. The third-order valence-electron chi connectivity index (χ3n) is 3.28. The van der Waals surface area contributed by atoms with Gasteiger partial charge in [0, 0.05) is 19.8 Å². The van der Waals surface area contributed by atoms with E-state index in [1.165, 1.54) is 25.7 Å². The average Bonchev–Trinajstić information content (AvgIpc) is 2.96. The second-order valence-electron chi connectivity index (χ2n) is 4.90. The minimum Gasteiger partial charge on any atom is -0.353 e. The summed E-state index contributed by atoms with van der Waals surface area (Å²) < 4.78 is 1.08. The maximum atomic E-state index is 4.53. The van der Waals surface area contributed by atoms with Crippen LogP contribution in [-0.2, 0) is 0 Å². The van der Waals surface area contributed by atoms with Crippen LogP contribution in [0.4, 0.5) is 5.13 Å².